The molecule has 0 spiro atoms. The van der Waals surface area contributed by atoms with Gasteiger partial charge in [-0.15, -0.1) is 0 Å². The minimum absolute atomic E-state index is 0.0229. The zero-order valence-corrected chi connectivity index (χ0v) is 9.91. The molecule has 0 aliphatic carbocycles. The van der Waals surface area contributed by atoms with Gasteiger partial charge in [0.1, 0.15) is 6.04 Å². The quantitative estimate of drug-likeness (QED) is 0.729. The lowest BCUT2D eigenvalue weighted by Gasteiger charge is -2.38. The molecule has 0 radical (unpaired) electrons. The number of carbonyl (C=O) groups is 2. The molecule has 1 N–H and O–H groups in total. The van der Waals surface area contributed by atoms with E-state index in [2.05, 4.69) is 5.32 Å². The molecule has 0 aromatic carbocycles. The van der Waals surface area contributed by atoms with Crippen LogP contribution in [0, 0.1) is 11.8 Å². The molecule has 4 nitrogen and oxygen atoms in total. The van der Waals surface area contributed by atoms with Crippen molar-refractivity contribution in [2.45, 2.75) is 33.7 Å². The second-order valence-corrected chi connectivity index (χ2v) is 4.67. The monoisotopic (exact) mass is 212 g/mol. The van der Waals surface area contributed by atoms with Gasteiger partial charge in [0.2, 0.25) is 11.8 Å². The number of nitrogens with one attached hydrogen (secondary N) is 1. The fraction of sp³-hybridized carbons (Fsp3) is 0.818. The fourth-order valence-electron chi connectivity index (χ4n) is 1.93. The Labute approximate surface area is 91.0 Å². The number of hydrogen-bond acceptors (Lipinski definition) is 2. The van der Waals surface area contributed by atoms with Crippen molar-refractivity contribution in [1.82, 2.24) is 10.2 Å². The van der Waals surface area contributed by atoms with E-state index in [1.807, 2.05) is 27.7 Å². The average Bonchev–Trinajstić information content (AvgIpc) is 2.15. The Bertz CT molecular complexity index is 261. The molecular formula is C11H20N2O2. The van der Waals surface area contributed by atoms with Gasteiger partial charge in [-0.2, -0.15) is 0 Å². The van der Waals surface area contributed by atoms with Crippen LogP contribution < -0.4 is 5.32 Å². The van der Waals surface area contributed by atoms with E-state index in [-0.39, 0.29) is 29.7 Å². The Kier molecular flexibility index (Phi) is 3.72. The van der Waals surface area contributed by atoms with Crippen LogP contribution in [0.5, 0.6) is 0 Å². The van der Waals surface area contributed by atoms with Crippen LogP contribution in [-0.2, 0) is 9.59 Å². The number of nitrogens with zero attached hydrogens (tertiary/aromatic N) is 1. The summed E-state index contributed by atoms with van der Waals surface area (Å²) < 4.78 is 0. The normalized spacial score (nSPS) is 22.1. The molecular weight excluding hydrogens is 192 g/mol. The summed E-state index contributed by atoms with van der Waals surface area (Å²) in [5.41, 5.74) is 0. The molecule has 0 saturated carbocycles. The minimum atomic E-state index is -0.298. The van der Waals surface area contributed by atoms with Crippen LogP contribution in [0.1, 0.15) is 27.7 Å². The van der Waals surface area contributed by atoms with Gasteiger partial charge in [0.15, 0.2) is 0 Å². The van der Waals surface area contributed by atoms with E-state index < -0.39 is 0 Å². The molecule has 0 bridgehead atoms. The van der Waals surface area contributed by atoms with Crippen LogP contribution in [0.2, 0.25) is 0 Å². The smallest absolute Gasteiger partial charge is 0.243 e. The van der Waals surface area contributed by atoms with Gasteiger partial charge in [0.05, 0.1) is 0 Å². The summed E-state index contributed by atoms with van der Waals surface area (Å²) in [5.74, 6) is 0.166. The first-order valence-corrected chi connectivity index (χ1v) is 5.53. The van der Waals surface area contributed by atoms with E-state index in [1.165, 1.54) is 0 Å². The van der Waals surface area contributed by atoms with Crippen LogP contribution in [0.3, 0.4) is 0 Å². The lowest BCUT2D eigenvalue weighted by atomic mass is 9.98. The Morgan fingerprint density at radius 1 is 1.40 bits per heavy atom. The van der Waals surface area contributed by atoms with Gasteiger partial charge in [-0.3, -0.25) is 9.59 Å². The first kappa shape index (κ1) is 12.0. The van der Waals surface area contributed by atoms with Crippen molar-refractivity contribution in [2.75, 3.05) is 13.1 Å². The molecule has 1 aliphatic heterocycles. The fourth-order valence-corrected chi connectivity index (χ4v) is 1.93. The van der Waals surface area contributed by atoms with Gasteiger partial charge >= 0.3 is 0 Å². The zero-order chi connectivity index (χ0) is 11.6. The SMILES string of the molecule is CC(C)C(=O)N1CCNC(=O)C1C(C)C. The minimum Gasteiger partial charge on any atom is -0.353 e. The highest BCUT2D eigenvalue weighted by molar-refractivity contribution is 5.89. The van der Waals surface area contributed by atoms with Crippen LogP contribution in [-0.4, -0.2) is 35.8 Å². The molecule has 2 amide bonds. The lowest BCUT2D eigenvalue weighted by molar-refractivity contribution is -0.147. The van der Waals surface area contributed by atoms with E-state index in [0.29, 0.717) is 13.1 Å². The van der Waals surface area contributed by atoms with Crippen molar-refractivity contribution < 1.29 is 9.59 Å². The van der Waals surface area contributed by atoms with Crippen LogP contribution >= 0.6 is 0 Å². The van der Waals surface area contributed by atoms with Gasteiger partial charge in [-0.25, -0.2) is 0 Å². The van der Waals surface area contributed by atoms with E-state index >= 15 is 0 Å². The van der Waals surface area contributed by atoms with Gasteiger partial charge in [0.25, 0.3) is 0 Å². The van der Waals surface area contributed by atoms with E-state index in [1.54, 1.807) is 4.90 Å². The maximum Gasteiger partial charge on any atom is 0.243 e. The van der Waals surface area contributed by atoms with Gasteiger partial charge in [-0.1, -0.05) is 27.7 Å². The first-order chi connectivity index (χ1) is 6.95. The third-order valence-corrected chi connectivity index (χ3v) is 2.66. The van der Waals surface area contributed by atoms with Gasteiger partial charge in [0, 0.05) is 19.0 Å². The predicted octanol–water partition coefficient (Wildman–Crippen LogP) is 0.625. The second-order valence-electron chi connectivity index (χ2n) is 4.67. The second kappa shape index (κ2) is 4.64. The van der Waals surface area contributed by atoms with E-state index in [9.17, 15) is 9.59 Å². The molecule has 1 atom stereocenters. The van der Waals surface area contributed by atoms with E-state index in [4.69, 9.17) is 0 Å². The highest BCUT2D eigenvalue weighted by atomic mass is 16.2. The molecule has 0 aromatic heterocycles. The van der Waals surface area contributed by atoms with Crippen molar-refractivity contribution in [3.05, 3.63) is 0 Å². The zero-order valence-electron chi connectivity index (χ0n) is 9.91. The van der Waals surface area contributed by atoms with Crippen LogP contribution in [0.15, 0.2) is 0 Å². The van der Waals surface area contributed by atoms with Crippen LogP contribution in [0.4, 0.5) is 0 Å². The maximum absolute atomic E-state index is 11.9. The Hall–Kier alpha value is -1.06. The van der Waals surface area contributed by atoms with Crippen molar-refractivity contribution >= 4 is 11.8 Å². The number of hydrogen-bond donors (Lipinski definition) is 1. The molecule has 4 heteroatoms. The van der Waals surface area contributed by atoms with Crippen molar-refractivity contribution in [3.63, 3.8) is 0 Å². The average molecular weight is 212 g/mol. The maximum atomic E-state index is 11.9. The summed E-state index contributed by atoms with van der Waals surface area (Å²) in [6, 6.07) is -0.298. The highest BCUT2D eigenvalue weighted by Crippen LogP contribution is 2.16. The summed E-state index contributed by atoms with van der Waals surface area (Å²) in [4.78, 5) is 25.3. The molecule has 86 valence electrons. The largest absolute Gasteiger partial charge is 0.353 e. The molecule has 15 heavy (non-hydrogen) atoms. The summed E-state index contributed by atoms with van der Waals surface area (Å²) in [6.45, 7) is 8.87. The number of rotatable bonds is 2. The topological polar surface area (TPSA) is 49.4 Å². The van der Waals surface area contributed by atoms with Gasteiger partial charge < -0.3 is 10.2 Å². The van der Waals surface area contributed by atoms with Crippen molar-refractivity contribution in [3.8, 4) is 0 Å². The van der Waals surface area contributed by atoms with Crippen molar-refractivity contribution in [1.29, 1.82) is 0 Å². The highest BCUT2D eigenvalue weighted by Gasteiger charge is 2.35. The van der Waals surface area contributed by atoms with Crippen molar-refractivity contribution in [2.24, 2.45) is 11.8 Å². The molecule has 1 fully saturated rings. The first-order valence-electron chi connectivity index (χ1n) is 5.53. The predicted molar refractivity (Wildman–Crippen MR) is 58.2 cm³/mol. The van der Waals surface area contributed by atoms with Gasteiger partial charge in [-0.05, 0) is 5.92 Å². The molecule has 1 unspecified atom stereocenters. The lowest BCUT2D eigenvalue weighted by Crippen LogP contribution is -2.59. The molecule has 1 heterocycles. The van der Waals surface area contributed by atoms with E-state index in [0.717, 1.165) is 0 Å². The third kappa shape index (κ3) is 2.49. The molecule has 0 aromatic rings. The number of carbonyl (C=O) groups excluding carboxylic acids is 2. The summed E-state index contributed by atoms with van der Waals surface area (Å²) in [7, 11) is 0. The number of piperazine rings is 1. The summed E-state index contributed by atoms with van der Waals surface area (Å²) in [6.07, 6.45) is 0. The van der Waals surface area contributed by atoms with Crippen LogP contribution in [0.25, 0.3) is 0 Å². The molecule has 1 rings (SSSR count). The number of amides is 2. The standard InChI is InChI=1S/C11H20N2O2/c1-7(2)9-10(14)12-5-6-13(9)11(15)8(3)4/h7-9H,5-6H2,1-4H3,(H,12,14). The third-order valence-electron chi connectivity index (χ3n) is 2.66. The summed E-state index contributed by atoms with van der Waals surface area (Å²) in [5, 5.41) is 2.80. The Morgan fingerprint density at radius 2 is 2.00 bits per heavy atom. The molecule has 1 saturated heterocycles. The molecule has 1 aliphatic rings. The Morgan fingerprint density at radius 3 is 2.47 bits per heavy atom. The summed E-state index contributed by atoms with van der Waals surface area (Å²) >= 11 is 0. The Balaban J connectivity index is 2.84.